The molecule has 3 nitrogen and oxygen atoms in total. The fourth-order valence-corrected chi connectivity index (χ4v) is 3.30. The molecule has 2 atom stereocenters. The molecule has 0 aliphatic rings. The van der Waals surface area contributed by atoms with Crippen LogP contribution < -0.4 is 5.32 Å². The normalized spacial score (nSPS) is 14.8. The van der Waals surface area contributed by atoms with Crippen LogP contribution in [0.1, 0.15) is 25.1 Å². The van der Waals surface area contributed by atoms with Crippen molar-refractivity contribution in [2.24, 2.45) is 0 Å². The second kappa shape index (κ2) is 6.16. The monoisotopic (exact) mass is 265 g/mol. The maximum Gasteiger partial charge on any atom is 0.134 e. The average molecular weight is 265 g/mol. The van der Waals surface area contributed by atoms with Crippen molar-refractivity contribution in [3.05, 3.63) is 36.1 Å². The van der Waals surface area contributed by atoms with Crippen LogP contribution in [0.3, 0.4) is 0 Å². The molecule has 0 bridgehead atoms. The van der Waals surface area contributed by atoms with E-state index in [1.807, 2.05) is 44.3 Å². The van der Waals surface area contributed by atoms with Crippen LogP contribution >= 0.6 is 0 Å². The Labute approximate surface area is 110 Å². The van der Waals surface area contributed by atoms with Gasteiger partial charge in [0.2, 0.25) is 0 Å². The minimum absolute atomic E-state index is 0.0183. The Morgan fingerprint density at radius 2 is 2.17 bits per heavy atom. The maximum atomic E-state index is 11.8. The third-order valence-electron chi connectivity index (χ3n) is 2.92. The lowest BCUT2D eigenvalue weighted by Crippen LogP contribution is -2.23. The van der Waals surface area contributed by atoms with Gasteiger partial charge in [-0.3, -0.25) is 4.21 Å². The molecule has 1 aromatic carbocycles. The molecule has 0 fully saturated rings. The third-order valence-corrected chi connectivity index (χ3v) is 4.49. The first-order valence-electron chi connectivity index (χ1n) is 6.25. The maximum absolute atomic E-state index is 11.8. The fraction of sp³-hybridized carbons (Fsp3) is 0.429. The summed E-state index contributed by atoms with van der Waals surface area (Å²) in [6, 6.07) is 9.97. The molecule has 0 radical (unpaired) electrons. The number of furan rings is 1. The number of nitrogens with one attached hydrogen (secondary N) is 1. The molecule has 0 saturated heterocycles. The van der Waals surface area contributed by atoms with Crippen LogP contribution in [0, 0.1) is 0 Å². The van der Waals surface area contributed by atoms with Crippen molar-refractivity contribution >= 4 is 21.8 Å². The number of hydrogen-bond donors (Lipinski definition) is 1. The molecular formula is C14H19NO2S. The van der Waals surface area contributed by atoms with Gasteiger partial charge in [-0.15, -0.1) is 0 Å². The van der Waals surface area contributed by atoms with Crippen LogP contribution in [0.4, 0.5) is 0 Å². The van der Waals surface area contributed by atoms with Crippen molar-refractivity contribution in [2.75, 3.05) is 18.6 Å². The highest BCUT2D eigenvalue weighted by Gasteiger charge is 2.17. The first kappa shape index (κ1) is 13.3. The van der Waals surface area contributed by atoms with E-state index in [1.54, 1.807) is 0 Å². The Balaban J connectivity index is 2.18. The molecule has 0 spiro atoms. The lowest BCUT2D eigenvalue weighted by atomic mass is 10.2. The second-order valence-electron chi connectivity index (χ2n) is 4.34. The molecule has 2 unspecified atom stereocenters. The molecule has 1 N–H and O–H groups in total. The lowest BCUT2D eigenvalue weighted by Gasteiger charge is -2.12. The lowest BCUT2D eigenvalue weighted by molar-refractivity contribution is 0.476. The zero-order valence-corrected chi connectivity index (χ0v) is 11.6. The van der Waals surface area contributed by atoms with Crippen molar-refractivity contribution in [1.82, 2.24) is 5.32 Å². The fourth-order valence-electron chi connectivity index (χ4n) is 1.98. The number of benzene rings is 1. The van der Waals surface area contributed by atoms with Gasteiger partial charge in [-0.2, -0.15) is 0 Å². The molecule has 1 aromatic heterocycles. The predicted molar refractivity (Wildman–Crippen MR) is 76.2 cm³/mol. The summed E-state index contributed by atoms with van der Waals surface area (Å²) in [6.07, 6.45) is 0.948. The zero-order valence-electron chi connectivity index (χ0n) is 10.8. The van der Waals surface area contributed by atoms with Crippen molar-refractivity contribution < 1.29 is 8.63 Å². The van der Waals surface area contributed by atoms with Crippen LogP contribution in [-0.2, 0) is 10.8 Å². The molecule has 1 heterocycles. The molecule has 18 heavy (non-hydrogen) atoms. The number of hydrogen-bond acceptors (Lipinski definition) is 3. The van der Waals surface area contributed by atoms with Gasteiger partial charge in [0.05, 0.1) is 6.04 Å². The Kier molecular flexibility index (Phi) is 4.55. The Morgan fingerprint density at radius 3 is 2.83 bits per heavy atom. The smallest absolute Gasteiger partial charge is 0.134 e. The van der Waals surface area contributed by atoms with Crippen molar-refractivity contribution in [3.8, 4) is 0 Å². The summed E-state index contributed by atoms with van der Waals surface area (Å²) in [6.45, 7) is 2.05. The SMILES string of the molecule is CCCS(=O)CC(NC)c1cc2ccccc2o1. The van der Waals surface area contributed by atoms with E-state index in [9.17, 15) is 4.21 Å². The number of para-hydroxylation sites is 1. The number of fused-ring (bicyclic) bond motifs is 1. The van der Waals surface area contributed by atoms with Gasteiger partial charge in [-0.25, -0.2) is 0 Å². The molecule has 2 aromatic rings. The minimum Gasteiger partial charge on any atom is -0.459 e. The topological polar surface area (TPSA) is 42.2 Å². The average Bonchev–Trinajstić information content (AvgIpc) is 2.79. The van der Waals surface area contributed by atoms with Crippen LogP contribution in [0.2, 0.25) is 0 Å². The second-order valence-corrected chi connectivity index (χ2v) is 5.96. The van der Waals surface area contributed by atoms with Crippen LogP contribution in [0.15, 0.2) is 34.7 Å². The zero-order chi connectivity index (χ0) is 13.0. The van der Waals surface area contributed by atoms with Crippen LogP contribution in [0.5, 0.6) is 0 Å². The Bertz CT molecular complexity index is 502. The first-order valence-corrected chi connectivity index (χ1v) is 7.74. The van der Waals surface area contributed by atoms with Crippen molar-refractivity contribution in [3.63, 3.8) is 0 Å². The van der Waals surface area contributed by atoms with Crippen LogP contribution in [-0.4, -0.2) is 22.8 Å². The van der Waals surface area contributed by atoms with Gasteiger partial charge >= 0.3 is 0 Å². The van der Waals surface area contributed by atoms with E-state index in [4.69, 9.17) is 4.42 Å². The summed E-state index contributed by atoms with van der Waals surface area (Å²) in [5, 5.41) is 4.27. The molecular weight excluding hydrogens is 246 g/mol. The quantitative estimate of drug-likeness (QED) is 0.873. The van der Waals surface area contributed by atoms with Gasteiger partial charge < -0.3 is 9.73 Å². The Morgan fingerprint density at radius 1 is 1.39 bits per heavy atom. The highest BCUT2D eigenvalue weighted by atomic mass is 32.2. The standard InChI is InChI=1S/C14H19NO2S/c1-3-8-18(16)10-12(15-2)14-9-11-6-4-5-7-13(11)17-14/h4-7,9,12,15H,3,8,10H2,1-2H3. The molecule has 98 valence electrons. The van der Waals surface area contributed by atoms with E-state index < -0.39 is 10.8 Å². The van der Waals surface area contributed by atoms with E-state index in [0.717, 1.165) is 28.9 Å². The third kappa shape index (κ3) is 3.00. The van der Waals surface area contributed by atoms with Gasteiger partial charge in [-0.05, 0) is 25.6 Å². The highest BCUT2D eigenvalue weighted by Crippen LogP contribution is 2.24. The summed E-state index contributed by atoms with van der Waals surface area (Å²) in [5.41, 5.74) is 0.883. The largest absolute Gasteiger partial charge is 0.459 e. The van der Waals surface area contributed by atoms with E-state index in [2.05, 4.69) is 5.32 Å². The van der Waals surface area contributed by atoms with Gasteiger partial charge in [0.15, 0.2) is 0 Å². The number of rotatable bonds is 6. The molecule has 0 amide bonds. The molecule has 4 heteroatoms. The van der Waals surface area contributed by atoms with Crippen molar-refractivity contribution in [2.45, 2.75) is 19.4 Å². The van der Waals surface area contributed by atoms with Crippen LogP contribution in [0.25, 0.3) is 11.0 Å². The summed E-state index contributed by atoms with van der Waals surface area (Å²) in [5.74, 6) is 2.21. The van der Waals surface area contributed by atoms with E-state index in [-0.39, 0.29) is 6.04 Å². The van der Waals surface area contributed by atoms with Crippen molar-refractivity contribution in [1.29, 1.82) is 0 Å². The van der Waals surface area contributed by atoms with E-state index in [1.165, 1.54) is 0 Å². The van der Waals surface area contributed by atoms with Gasteiger partial charge in [0.25, 0.3) is 0 Å². The van der Waals surface area contributed by atoms with Gasteiger partial charge in [0, 0.05) is 27.7 Å². The van der Waals surface area contributed by atoms with E-state index in [0.29, 0.717) is 5.75 Å². The minimum atomic E-state index is -0.795. The molecule has 0 aliphatic carbocycles. The molecule has 0 saturated carbocycles. The molecule has 0 aliphatic heterocycles. The van der Waals surface area contributed by atoms with Gasteiger partial charge in [0.1, 0.15) is 11.3 Å². The summed E-state index contributed by atoms with van der Waals surface area (Å²) >= 11 is 0. The first-order chi connectivity index (χ1) is 8.74. The Hall–Kier alpha value is -1.13. The molecule has 2 rings (SSSR count). The summed E-state index contributed by atoms with van der Waals surface area (Å²) in [4.78, 5) is 0. The summed E-state index contributed by atoms with van der Waals surface area (Å²) in [7, 11) is 1.08. The van der Waals surface area contributed by atoms with Gasteiger partial charge in [-0.1, -0.05) is 25.1 Å². The van der Waals surface area contributed by atoms with E-state index >= 15 is 0 Å². The summed E-state index contributed by atoms with van der Waals surface area (Å²) < 4.78 is 17.6. The highest BCUT2D eigenvalue weighted by molar-refractivity contribution is 7.85. The predicted octanol–water partition coefficient (Wildman–Crippen LogP) is 2.85.